The summed E-state index contributed by atoms with van der Waals surface area (Å²) >= 11 is -0.979. The summed E-state index contributed by atoms with van der Waals surface area (Å²) in [5.74, 6) is 0. The Morgan fingerprint density at radius 2 is 1.11 bits per heavy atom. The summed E-state index contributed by atoms with van der Waals surface area (Å²) in [6, 6.07) is 0. The molecule has 0 aromatic carbocycles. The molecule has 0 saturated heterocycles. The number of hydrogen-bond acceptors (Lipinski definition) is 0. The number of hydrogen-bond donors (Lipinski definition) is 0. The van der Waals surface area contributed by atoms with Gasteiger partial charge in [-0.1, -0.05) is 0 Å². The van der Waals surface area contributed by atoms with Crippen LogP contribution >= 0.6 is 0 Å². The van der Waals surface area contributed by atoms with Crippen LogP contribution in [0.1, 0.15) is 20.8 Å². The molecule has 0 unspecified atom stereocenters. The van der Waals surface area contributed by atoms with Crippen molar-refractivity contribution >= 4 is 13.6 Å². The molecule has 0 aliphatic heterocycles. The minimum atomic E-state index is -0.979. The van der Waals surface area contributed by atoms with E-state index in [1.54, 1.807) is 0 Å². The van der Waals surface area contributed by atoms with E-state index in [2.05, 4.69) is 26.5 Å². The molecule has 0 fully saturated rings. The van der Waals surface area contributed by atoms with Gasteiger partial charge in [-0.05, 0) is 0 Å². The van der Waals surface area contributed by atoms with Gasteiger partial charge in [-0.2, -0.15) is 0 Å². The molecule has 0 aliphatic rings. The standard InChI is InChI=1S/C7H18As.HI/c1-5-8(4,6-2)7-3;/h5-7H2,1-4H3;1H/q+1;/p-1. The molecule has 0 N–H and O–H groups in total. The zero-order valence-corrected chi connectivity index (χ0v) is 11.0. The Morgan fingerprint density at radius 3 is 1.11 bits per heavy atom. The van der Waals surface area contributed by atoms with E-state index >= 15 is 0 Å². The molecule has 2 heteroatoms. The van der Waals surface area contributed by atoms with E-state index < -0.39 is 13.6 Å². The quantitative estimate of drug-likeness (QED) is 0.514. The smallest absolute Gasteiger partial charge is 1.00 e. The summed E-state index contributed by atoms with van der Waals surface area (Å²) in [6.45, 7) is 7.04. The van der Waals surface area contributed by atoms with Gasteiger partial charge in [-0.25, -0.2) is 0 Å². The second kappa shape index (κ2) is 6.03. The van der Waals surface area contributed by atoms with Gasteiger partial charge in [0, 0.05) is 0 Å². The normalized spacial score (nSPS) is 10.7. The van der Waals surface area contributed by atoms with E-state index in [-0.39, 0.29) is 24.0 Å². The van der Waals surface area contributed by atoms with Gasteiger partial charge in [0.2, 0.25) is 0 Å². The molecule has 0 amide bonds. The Labute approximate surface area is 79.3 Å². The topological polar surface area (TPSA) is 0 Å². The van der Waals surface area contributed by atoms with E-state index in [1.807, 2.05) is 0 Å². The maximum Gasteiger partial charge on any atom is -1.00 e. The summed E-state index contributed by atoms with van der Waals surface area (Å²) in [7, 11) is 0. The predicted molar refractivity (Wildman–Crippen MR) is 43.1 cm³/mol. The van der Waals surface area contributed by atoms with Crippen LogP contribution in [-0.2, 0) is 0 Å². The van der Waals surface area contributed by atoms with Gasteiger partial charge in [0.1, 0.15) is 0 Å². The molecule has 0 aromatic heterocycles. The van der Waals surface area contributed by atoms with Crippen LogP contribution in [0.15, 0.2) is 0 Å². The van der Waals surface area contributed by atoms with E-state index in [0.29, 0.717) is 0 Å². The van der Waals surface area contributed by atoms with Crippen LogP contribution in [0, 0.1) is 0 Å². The molecule has 0 atom stereocenters. The molecule has 0 rings (SSSR count). The molecule has 0 bridgehead atoms. The van der Waals surface area contributed by atoms with Crippen molar-refractivity contribution in [3.8, 4) is 0 Å². The summed E-state index contributed by atoms with van der Waals surface area (Å²) in [4.78, 5) is 0. The summed E-state index contributed by atoms with van der Waals surface area (Å²) in [6.07, 6.45) is 0. The fourth-order valence-corrected chi connectivity index (χ4v) is 3.49. The van der Waals surface area contributed by atoms with Gasteiger partial charge in [0.15, 0.2) is 0 Å². The Morgan fingerprint density at radius 1 is 0.889 bits per heavy atom. The molecular weight excluding hydrogens is 286 g/mol. The second-order valence-corrected chi connectivity index (χ2v) is 13.3. The fourth-order valence-electron chi connectivity index (χ4n) is 0.671. The van der Waals surface area contributed by atoms with Gasteiger partial charge in [0.25, 0.3) is 0 Å². The van der Waals surface area contributed by atoms with Gasteiger partial charge >= 0.3 is 55.7 Å². The molecule has 0 aliphatic carbocycles. The summed E-state index contributed by atoms with van der Waals surface area (Å²) < 4.78 is 0. The molecule has 9 heavy (non-hydrogen) atoms. The Kier molecular flexibility index (Phi) is 8.65. The van der Waals surface area contributed by atoms with Crippen LogP contribution in [0.5, 0.6) is 0 Å². The average Bonchev–Trinajstić information content (AvgIpc) is 1.87. The van der Waals surface area contributed by atoms with Gasteiger partial charge in [-0.15, -0.1) is 0 Å². The van der Waals surface area contributed by atoms with Crippen LogP contribution in [0.25, 0.3) is 0 Å². The molecule has 0 radical (unpaired) electrons. The van der Waals surface area contributed by atoms with E-state index in [0.717, 1.165) is 0 Å². The number of rotatable bonds is 3. The average molecular weight is 304 g/mol. The van der Waals surface area contributed by atoms with Crippen molar-refractivity contribution in [3.05, 3.63) is 0 Å². The van der Waals surface area contributed by atoms with Crippen LogP contribution in [0.4, 0.5) is 0 Å². The second-order valence-electron chi connectivity index (χ2n) is 2.57. The first-order valence-corrected chi connectivity index (χ1v) is 9.37. The third kappa shape index (κ3) is 4.66. The zero-order valence-electron chi connectivity index (χ0n) is 6.95. The first-order chi connectivity index (χ1) is 3.68. The van der Waals surface area contributed by atoms with Crippen molar-refractivity contribution < 1.29 is 24.0 Å². The Balaban J connectivity index is 0. The third-order valence-electron chi connectivity index (χ3n) is 2.29. The van der Waals surface area contributed by atoms with Gasteiger partial charge in [-0.3, -0.25) is 0 Å². The third-order valence-corrected chi connectivity index (χ3v) is 11.9. The van der Waals surface area contributed by atoms with E-state index in [1.165, 1.54) is 15.6 Å². The molecule has 0 saturated carbocycles. The maximum absolute atomic E-state index is 2.53. The monoisotopic (exact) mass is 304 g/mol. The Hall–Kier alpha value is 1.29. The van der Waals surface area contributed by atoms with Crippen LogP contribution in [0.2, 0.25) is 21.3 Å². The maximum atomic E-state index is 2.53. The molecule has 0 nitrogen and oxygen atoms in total. The first-order valence-electron chi connectivity index (χ1n) is 3.52. The molecule has 0 heterocycles. The van der Waals surface area contributed by atoms with E-state index in [9.17, 15) is 0 Å². The van der Waals surface area contributed by atoms with E-state index in [4.69, 9.17) is 0 Å². The van der Waals surface area contributed by atoms with Crippen molar-refractivity contribution in [1.29, 1.82) is 0 Å². The molecular formula is C7H18AsI. The largest absolute Gasteiger partial charge is 1.00 e. The summed E-state index contributed by atoms with van der Waals surface area (Å²) in [5.41, 5.74) is 2.53. The SMILES string of the molecule is CC[As+](C)(CC)CC.[I-]. The van der Waals surface area contributed by atoms with Crippen LogP contribution in [-0.4, -0.2) is 13.6 Å². The molecule has 0 aromatic rings. The van der Waals surface area contributed by atoms with Crippen molar-refractivity contribution in [2.45, 2.75) is 42.1 Å². The van der Waals surface area contributed by atoms with Crippen molar-refractivity contribution in [2.24, 2.45) is 0 Å². The molecule has 58 valence electrons. The van der Waals surface area contributed by atoms with Crippen LogP contribution in [0.3, 0.4) is 0 Å². The minimum Gasteiger partial charge on any atom is -1.00 e. The van der Waals surface area contributed by atoms with Crippen molar-refractivity contribution in [2.75, 3.05) is 0 Å². The van der Waals surface area contributed by atoms with Crippen molar-refractivity contribution in [3.63, 3.8) is 0 Å². The zero-order chi connectivity index (χ0) is 6.62. The Bertz CT molecular complexity index is 51.7. The molecule has 0 spiro atoms. The minimum absolute atomic E-state index is 0. The first kappa shape index (κ1) is 12.9. The summed E-state index contributed by atoms with van der Waals surface area (Å²) in [5, 5.41) is 4.47. The number of halogens is 1. The fraction of sp³-hybridized carbons (Fsp3) is 1.00. The van der Waals surface area contributed by atoms with Gasteiger partial charge in [0.05, 0.1) is 0 Å². The van der Waals surface area contributed by atoms with Crippen molar-refractivity contribution in [1.82, 2.24) is 0 Å². The van der Waals surface area contributed by atoms with Gasteiger partial charge < -0.3 is 24.0 Å². The predicted octanol–water partition coefficient (Wildman–Crippen LogP) is 0.129. The van der Waals surface area contributed by atoms with Crippen LogP contribution < -0.4 is 24.0 Å².